The lowest BCUT2D eigenvalue weighted by molar-refractivity contribution is 0.995. The van der Waals surface area contributed by atoms with Crippen LogP contribution in [-0.4, -0.2) is 14.5 Å². The third kappa shape index (κ3) is 3.83. The Kier molecular flexibility index (Phi) is 5.38. The van der Waals surface area contributed by atoms with Crippen molar-refractivity contribution >= 4 is 67.0 Å². The van der Waals surface area contributed by atoms with Crippen molar-refractivity contribution in [1.29, 1.82) is 0 Å². The first-order valence-corrected chi connectivity index (χ1v) is 12.7. The van der Waals surface area contributed by atoms with E-state index in [1.54, 1.807) is 0 Å². The normalized spacial score (nSPS) is 11.3. The highest BCUT2D eigenvalue weighted by atomic mass is 127. The van der Waals surface area contributed by atoms with E-state index in [1.165, 1.54) is 17.9 Å². The van der Waals surface area contributed by atoms with Crippen LogP contribution in [-0.2, 0) is 0 Å². The van der Waals surface area contributed by atoms with Crippen LogP contribution in [0, 0.1) is 7.14 Å². The quantitative estimate of drug-likeness (QED) is 0.182. The molecule has 0 bridgehead atoms. The van der Waals surface area contributed by atoms with E-state index in [4.69, 9.17) is 9.97 Å². The molecule has 6 rings (SSSR count). The van der Waals surface area contributed by atoms with Crippen LogP contribution in [0.15, 0.2) is 103 Å². The van der Waals surface area contributed by atoms with E-state index in [0.29, 0.717) is 5.95 Å². The molecule has 0 aliphatic rings. The van der Waals surface area contributed by atoms with Crippen molar-refractivity contribution in [3.8, 4) is 28.5 Å². The molecule has 0 radical (unpaired) electrons. The highest BCUT2D eigenvalue weighted by Crippen LogP contribution is 2.34. The second kappa shape index (κ2) is 8.53. The van der Waals surface area contributed by atoms with Gasteiger partial charge in [0.2, 0.25) is 5.95 Å². The Morgan fingerprint density at radius 1 is 0.515 bits per heavy atom. The van der Waals surface area contributed by atoms with Crippen LogP contribution in [0.5, 0.6) is 0 Å². The van der Waals surface area contributed by atoms with E-state index < -0.39 is 0 Å². The number of nitrogens with zero attached hydrogens (tertiary/aromatic N) is 3. The first-order chi connectivity index (χ1) is 16.2. The molecule has 158 valence electrons. The first kappa shape index (κ1) is 20.8. The first-order valence-electron chi connectivity index (χ1n) is 10.6. The Balaban J connectivity index is 1.70. The molecule has 2 aromatic heterocycles. The molecule has 0 fully saturated rings. The van der Waals surface area contributed by atoms with Crippen LogP contribution in [0.4, 0.5) is 0 Å². The third-order valence-electron chi connectivity index (χ3n) is 5.74. The minimum absolute atomic E-state index is 0.678. The lowest BCUT2D eigenvalue weighted by Crippen LogP contribution is -2.04. The highest BCUT2D eigenvalue weighted by Gasteiger charge is 2.17. The summed E-state index contributed by atoms with van der Waals surface area (Å²) >= 11 is 4.75. The number of halogens is 2. The smallest absolute Gasteiger partial charge is 0.235 e. The van der Waals surface area contributed by atoms with Crippen LogP contribution in [0.25, 0.3) is 50.3 Å². The van der Waals surface area contributed by atoms with E-state index in [1.807, 2.05) is 36.4 Å². The average Bonchev–Trinajstić information content (AvgIpc) is 3.17. The van der Waals surface area contributed by atoms with Gasteiger partial charge in [-0.2, -0.15) is 0 Å². The maximum atomic E-state index is 5.06. The lowest BCUT2D eigenvalue weighted by Gasteiger charge is -2.11. The Bertz CT molecular complexity index is 1510. The van der Waals surface area contributed by atoms with Gasteiger partial charge in [0.05, 0.1) is 22.4 Å². The Hall–Kier alpha value is -2.78. The average molecular weight is 649 g/mol. The second-order valence-corrected chi connectivity index (χ2v) is 10.3. The van der Waals surface area contributed by atoms with E-state index in [-0.39, 0.29) is 0 Å². The molecule has 0 N–H and O–H groups in total. The van der Waals surface area contributed by atoms with Gasteiger partial charge in [-0.25, -0.2) is 9.97 Å². The highest BCUT2D eigenvalue weighted by molar-refractivity contribution is 14.1. The van der Waals surface area contributed by atoms with Crippen molar-refractivity contribution in [2.75, 3.05) is 0 Å². The molecule has 33 heavy (non-hydrogen) atoms. The zero-order valence-electron chi connectivity index (χ0n) is 17.4. The van der Waals surface area contributed by atoms with E-state index in [0.717, 1.165) is 33.5 Å². The van der Waals surface area contributed by atoms with Crippen molar-refractivity contribution in [3.63, 3.8) is 0 Å². The van der Waals surface area contributed by atoms with Gasteiger partial charge in [-0.15, -0.1) is 0 Å². The number of fused-ring (bicyclic) bond motifs is 3. The summed E-state index contributed by atoms with van der Waals surface area (Å²) in [5.74, 6) is 0.678. The maximum Gasteiger partial charge on any atom is 0.235 e. The van der Waals surface area contributed by atoms with E-state index in [9.17, 15) is 0 Å². The van der Waals surface area contributed by atoms with E-state index in [2.05, 4.69) is 116 Å². The molecular formula is C28H17I2N3. The van der Waals surface area contributed by atoms with Crippen LogP contribution in [0.2, 0.25) is 0 Å². The fraction of sp³-hybridized carbons (Fsp3) is 0. The zero-order valence-corrected chi connectivity index (χ0v) is 21.7. The predicted octanol–water partition coefficient (Wildman–Crippen LogP) is 8.12. The maximum absolute atomic E-state index is 5.06. The summed E-state index contributed by atoms with van der Waals surface area (Å²) in [4.78, 5) is 10.1. The minimum Gasteiger partial charge on any atom is -0.278 e. The largest absolute Gasteiger partial charge is 0.278 e. The summed E-state index contributed by atoms with van der Waals surface area (Å²) in [5.41, 5.74) is 6.18. The van der Waals surface area contributed by atoms with Crippen LogP contribution < -0.4 is 0 Å². The molecule has 2 heterocycles. The molecule has 0 unspecified atom stereocenters. The van der Waals surface area contributed by atoms with Crippen LogP contribution in [0.3, 0.4) is 0 Å². The van der Waals surface area contributed by atoms with Gasteiger partial charge in [0.1, 0.15) is 0 Å². The van der Waals surface area contributed by atoms with Gasteiger partial charge in [0, 0.05) is 29.0 Å². The number of hydrogen-bond acceptors (Lipinski definition) is 2. The summed E-state index contributed by atoms with van der Waals surface area (Å²) in [5, 5.41) is 2.43. The summed E-state index contributed by atoms with van der Waals surface area (Å²) in [7, 11) is 0. The van der Waals surface area contributed by atoms with Crippen molar-refractivity contribution in [1.82, 2.24) is 14.5 Å². The van der Waals surface area contributed by atoms with Gasteiger partial charge in [-0.05, 0) is 87.6 Å². The minimum atomic E-state index is 0.678. The molecule has 6 aromatic rings. The summed E-state index contributed by atoms with van der Waals surface area (Å²) in [6.07, 6.45) is 0. The Morgan fingerprint density at radius 2 is 0.970 bits per heavy atom. The molecule has 0 atom stereocenters. The van der Waals surface area contributed by atoms with Gasteiger partial charge in [-0.3, -0.25) is 4.57 Å². The molecule has 0 aliphatic heterocycles. The molecule has 0 spiro atoms. The lowest BCUT2D eigenvalue weighted by atomic mass is 10.1. The number of aromatic nitrogens is 3. The molecule has 3 nitrogen and oxygen atoms in total. The third-order valence-corrected chi connectivity index (χ3v) is 7.08. The van der Waals surface area contributed by atoms with Crippen molar-refractivity contribution in [3.05, 3.63) is 110 Å². The van der Waals surface area contributed by atoms with Gasteiger partial charge < -0.3 is 0 Å². The van der Waals surface area contributed by atoms with Gasteiger partial charge >= 0.3 is 0 Å². The molecule has 0 saturated heterocycles. The number of benzene rings is 4. The van der Waals surface area contributed by atoms with E-state index >= 15 is 0 Å². The Labute approximate surface area is 218 Å². The summed E-state index contributed by atoms with van der Waals surface area (Å²) < 4.78 is 4.61. The standard InChI is InChI=1S/C28H17I2N3/c29-20-11-13-26-22(15-20)23-16-21(30)12-14-27(23)33(26)28-31-24(18-7-3-1-4-8-18)17-25(32-28)19-9-5-2-6-10-19/h1-17H. The molecule has 4 aromatic carbocycles. The summed E-state index contributed by atoms with van der Waals surface area (Å²) in [6.45, 7) is 0. The fourth-order valence-electron chi connectivity index (χ4n) is 4.23. The molecule has 0 amide bonds. The molecule has 5 heteroatoms. The molecule has 0 aliphatic carbocycles. The van der Waals surface area contributed by atoms with Crippen molar-refractivity contribution < 1.29 is 0 Å². The second-order valence-electron chi connectivity index (χ2n) is 7.83. The molecular weight excluding hydrogens is 632 g/mol. The zero-order chi connectivity index (χ0) is 22.4. The monoisotopic (exact) mass is 649 g/mol. The topological polar surface area (TPSA) is 30.7 Å². The number of rotatable bonds is 3. The van der Waals surface area contributed by atoms with Gasteiger partial charge in [0.25, 0.3) is 0 Å². The predicted molar refractivity (Wildman–Crippen MR) is 153 cm³/mol. The fourth-order valence-corrected chi connectivity index (χ4v) is 5.21. The van der Waals surface area contributed by atoms with Gasteiger partial charge in [-0.1, -0.05) is 60.7 Å². The van der Waals surface area contributed by atoms with Crippen molar-refractivity contribution in [2.24, 2.45) is 0 Å². The number of hydrogen-bond donors (Lipinski definition) is 0. The summed E-state index contributed by atoms with van der Waals surface area (Å²) in [6, 6.07) is 35.8. The van der Waals surface area contributed by atoms with Crippen LogP contribution >= 0.6 is 45.2 Å². The molecule has 0 saturated carbocycles. The van der Waals surface area contributed by atoms with Crippen molar-refractivity contribution in [2.45, 2.75) is 0 Å². The SMILES string of the molecule is Ic1ccc2c(c1)c1cc(I)ccc1n2-c1nc(-c2ccccc2)cc(-c2ccccc2)n1. The Morgan fingerprint density at radius 3 is 1.42 bits per heavy atom. The van der Waals surface area contributed by atoms with Crippen LogP contribution in [0.1, 0.15) is 0 Å². The van der Waals surface area contributed by atoms with Gasteiger partial charge in [0.15, 0.2) is 0 Å².